The lowest BCUT2D eigenvalue weighted by atomic mass is 9.85. The van der Waals surface area contributed by atoms with Crippen molar-refractivity contribution in [2.75, 3.05) is 5.73 Å². The van der Waals surface area contributed by atoms with E-state index in [1.54, 1.807) is 6.20 Å². The fourth-order valence-corrected chi connectivity index (χ4v) is 3.22. The summed E-state index contributed by atoms with van der Waals surface area (Å²) in [5.41, 5.74) is 11.5. The topological polar surface area (TPSA) is 94.0 Å². The molecule has 19 heavy (non-hydrogen) atoms. The SMILES string of the molecule is Nc1ncc(CNC(=O)[C@@H](N)CC2CCCCC2)s1. The first kappa shape index (κ1) is 14.3. The minimum Gasteiger partial charge on any atom is -0.375 e. The molecule has 1 fully saturated rings. The van der Waals surface area contributed by atoms with Gasteiger partial charge in [-0.15, -0.1) is 11.3 Å². The zero-order valence-corrected chi connectivity index (χ0v) is 11.9. The number of nitrogens with zero attached hydrogens (tertiary/aromatic N) is 1. The molecule has 1 atom stereocenters. The average molecular weight is 282 g/mol. The maximum Gasteiger partial charge on any atom is 0.237 e. The number of nitrogen functional groups attached to an aromatic ring is 1. The highest BCUT2D eigenvalue weighted by molar-refractivity contribution is 7.15. The van der Waals surface area contributed by atoms with E-state index in [0.717, 1.165) is 11.3 Å². The molecule has 0 saturated heterocycles. The maximum atomic E-state index is 11.9. The van der Waals surface area contributed by atoms with Crippen molar-refractivity contribution in [1.82, 2.24) is 10.3 Å². The summed E-state index contributed by atoms with van der Waals surface area (Å²) in [5.74, 6) is 0.547. The van der Waals surface area contributed by atoms with Gasteiger partial charge in [0.1, 0.15) is 0 Å². The van der Waals surface area contributed by atoms with Crippen LogP contribution in [0.15, 0.2) is 6.20 Å². The summed E-state index contributed by atoms with van der Waals surface area (Å²) in [7, 11) is 0. The van der Waals surface area contributed by atoms with Gasteiger partial charge in [-0.05, 0) is 12.3 Å². The van der Waals surface area contributed by atoms with Gasteiger partial charge in [-0.2, -0.15) is 0 Å². The van der Waals surface area contributed by atoms with Crippen molar-refractivity contribution in [3.8, 4) is 0 Å². The number of hydrogen-bond donors (Lipinski definition) is 3. The van der Waals surface area contributed by atoms with Crippen LogP contribution in [0.1, 0.15) is 43.4 Å². The lowest BCUT2D eigenvalue weighted by molar-refractivity contribution is -0.122. The lowest BCUT2D eigenvalue weighted by Gasteiger charge is -2.24. The van der Waals surface area contributed by atoms with Crippen LogP contribution in [0.3, 0.4) is 0 Å². The standard InChI is InChI=1S/C13H22N4OS/c14-11(6-9-4-2-1-3-5-9)12(18)16-7-10-8-17-13(15)19-10/h8-9,11H,1-7,14H2,(H2,15,17)(H,16,18)/t11-/m0/s1. The molecule has 6 heteroatoms. The predicted octanol–water partition coefficient (Wildman–Crippen LogP) is 1.64. The number of nitrogens with one attached hydrogen (secondary N) is 1. The Balaban J connectivity index is 1.72. The average Bonchev–Trinajstić information content (AvgIpc) is 2.83. The third-order valence-corrected chi connectivity index (χ3v) is 4.48. The number of nitrogens with two attached hydrogens (primary N) is 2. The molecule has 106 valence electrons. The molecule has 1 amide bonds. The summed E-state index contributed by atoms with van der Waals surface area (Å²) in [6.07, 6.45) is 8.80. The number of anilines is 1. The van der Waals surface area contributed by atoms with Crippen LogP contribution in [0.2, 0.25) is 0 Å². The number of carbonyl (C=O) groups is 1. The molecule has 1 aliphatic rings. The molecule has 1 aromatic heterocycles. The summed E-state index contributed by atoms with van der Waals surface area (Å²) in [6, 6.07) is -0.395. The second kappa shape index (κ2) is 6.86. The van der Waals surface area contributed by atoms with E-state index in [2.05, 4.69) is 10.3 Å². The molecule has 1 heterocycles. The maximum absolute atomic E-state index is 11.9. The van der Waals surface area contributed by atoms with Gasteiger partial charge >= 0.3 is 0 Å². The first-order valence-electron chi connectivity index (χ1n) is 6.88. The van der Waals surface area contributed by atoms with E-state index in [9.17, 15) is 4.79 Å². The van der Waals surface area contributed by atoms with E-state index in [0.29, 0.717) is 17.6 Å². The van der Waals surface area contributed by atoms with Crippen molar-refractivity contribution in [3.63, 3.8) is 0 Å². The van der Waals surface area contributed by atoms with Gasteiger partial charge in [0.25, 0.3) is 0 Å². The summed E-state index contributed by atoms with van der Waals surface area (Å²) >= 11 is 1.39. The van der Waals surface area contributed by atoms with Gasteiger partial charge in [-0.25, -0.2) is 4.98 Å². The molecule has 5 N–H and O–H groups in total. The molecule has 0 unspecified atom stereocenters. The minimum atomic E-state index is -0.395. The number of hydrogen-bond acceptors (Lipinski definition) is 5. The Labute approximate surface area is 117 Å². The van der Waals surface area contributed by atoms with Crippen LogP contribution in [0.25, 0.3) is 0 Å². The van der Waals surface area contributed by atoms with Crippen LogP contribution < -0.4 is 16.8 Å². The molecule has 0 spiro atoms. The monoisotopic (exact) mass is 282 g/mol. The molecule has 0 aromatic carbocycles. The summed E-state index contributed by atoms with van der Waals surface area (Å²) in [4.78, 5) is 16.8. The fraction of sp³-hybridized carbons (Fsp3) is 0.692. The molecule has 5 nitrogen and oxygen atoms in total. The third kappa shape index (κ3) is 4.47. The van der Waals surface area contributed by atoms with Crippen molar-refractivity contribution in [2.45, 2.75) is 51.1 Å². The molecular weight excluding hydrogens is 260 g/mol. The first-order valence-corrected chi connectivity index (χ1v) is 7.70. The van der Waals surface area contributed by atoms with Crippen LogP contribution in [0.4, 0.5) is 5.13 Å². The minimum absolute atomic E-state index is 0.0717. The molecule has 1 aromatic rings. The van der Waals surface area contributed by atoms with Gasteiger partial charge in [0.05, 0.1) is 12.6 Å². The second-order valence-electron chi connectivity index (χ2n) is 5.23. The second-order valence-corrected chi connectivity index (χ2v) is 6.38. The van der Waals surface area contributed by atoms with E-state index >= 15 is 0 Å². The quantitative estimate of drug-likeness (QED) is 0.765. The predicted molar refractivity (Wildman–Crippen MR) is 77.5 cm³/mol. The smallest absolute Gasteiger partial charge is 0.237 e. The van der Waals surface area contributed by atoms with Crippen molar-refractivity contribution >= 4 is 22.4 Å². The highest BCUT2D eigenvalue weighted by atomic mass is 32.1. The van der Waals surface area contributed by atoms with Crippen molar-refractivity contribution in [2.24, 2.45) is 11.7 Å². The van der Waals surface area contributed by atoms with E-state index in [1.165, 1.54) is 43.4 Å². The number of amides is 1. The Morgan fingerprint density at radius 2 is 2.21 bits per heavy atom. The fourth-order valence-electron chi connectivity index (χ4n) is 2.60. The Hall–Kier alpha value is -1.14. The van der Waals surface area contributed by atoms with Crippen molar-refractivity contribution < 1.29 is 4.79 Å². The Morgan fingerprint density at radius 3 is 2.84 bits per heavy atom. The van der Waals surface area contributed by atoms with Crippen LogP contribution >= 0.6 is 11.3 Å². The van der Waals surface area contributed by atoms with Crippen LogP contribution in [0, 0.1) is 5.92 Å². The molecule has 1 saturated carbocycles. The van der Waals surface area contributed by atoms with Crippen LogP contribution in [-0.2, 0) is 11.3 Å². The van der Waals surface area contributed by atoms with Gasteiger partial charge in [-0.1, -0.05) is 32.1 Å². The van der Waals surface area contributed by atoms with Crippen molar-refractivity contribution in [1.29, 1.82) is 0 Å². The largest absolute Gasteiger partial charge is 0.375 e. The number of rotatable bonds is 5. The van der Waals surface area contributed by atoms with Gasteiger partial charge in [-0.3, -0.25) is 4.79 Å². The van der Waals surface area contributed by atoms with E-state index in [1.807, 2.05) is 0 Å². The highest BCUT2D eigenvalue weighted by Gasteiger charge is 2.21. The summed E-state index contributed by atoms with van der Waals surface area (Å²) < 4.78 is 0. The highest BCUT2D eigenvalue weighted by Crippen LogP contribution is 2.27. The molecule has 0 aliphatic heterocycles. The van der Waals surface area contributed by atoms with Crippen molar-refractivity contribution in [3.05, 3.63) is 11.1 Å². The van der Waals surface area contributed by atoms with Crippen LogP contribution in [-0.4, -0.2) is 16.9 Å². The zero-order chi connectivity index (χ0) is 13.7. The first-order chi connectivity index (χ1) is 9.15. The Kier molecular flexibility index (Phi) is 5.15. The van der Waals surface area contributed by atoms with Gasteiger partial charge in [0, 0.05) is 11.1 Å². The summed E-state index contributed by atoms with van der Waals surface area (Å²) in [5, 5.41) is 3.38. The van der Waals surface area contributed by atoms with Crippen LogP contribution in [0.5, 0.6) is 0 Å². The zero-order valence-electron chi connectivity index (χ0n) is 11.1. The van der Waals surface area contributed by atoms with E-state index < -0.39 is 6.04 Å². The number of aromatic nitrogens is 1. The van der Waals surface area contributed by atoms with E-state index in [4.69, 9.17) is 11.5 Å². The molecule has 1 aliphatic carbocycles. The summed E-state index contributed by atoms with van der Waals surface area (Å²) in [6.45, 7) is 0.464. The Morgan fingerprint density at radius 1 is 1.47 bits per heavy atom. The molecular formula is C13H22N4OS. The van der Waals surface area contributed by atoms with Gasteiger partial charge in [0.2, 0.25) is 5.91 Å². The molecule has 0 radical (unpaired) electrons. The number of carbonyl (C=O) groups excluding carboxylic acids is 1. The number of thiazole rings is 1. The van der Waals surface area contributed by atoms with E-state index in [-0.39, 0.29) is 5.91 Å². The lowest BCUT2D eigenvalue weighted by Crippen LogP contribution is -2.41. The normalized spacial score (nSPS) is 18.2. The molecule has 0 bridgehead atoms. The third-order valence-electron chi connectivity index (χ3n) is 3.66. The Bertz CT molecular complexity index is 415. The molecule has 2 rings (SSSR count). The van der Waals surface area contributed by atoms with Gasteiger partial charge in [0.15, 0.2) is 5.13 Å². The van der Waals surface area contributed by atoms with Gasteiger partial charge < -0.3 is 16.8 Å².